The number of benzene rings is 2. The SMILES string of the molecule is COc1ccc(N(C)C(C)c2cc(C)ccc2O)cc1. The first-order valence-corrected chi connectivity index (χ1v) is 6.69. The molecule has 0 saturated carbocycles. The van der Waals surface area contributed by atoms with Gasteiger partial charge >= 0.3 is 0 Å². The minimum absolute atomic E-state index is 0.0864. The number of anilines is 1. The fourth-order valence-corrected chi connectivity index (χ4v) is 2.26. The maximum atomic E-state index is 10.0. The first kappa shape index (κ1) is 14.3. The predicted octanol–water partition coefficient (Wildman–Crippen LogP) is 3.91. The van der Waals surface area contributed by atoms with Crippen molar-refractivity contribution in [3.63, 3.8) is 0 Å². The number of hydrogen-bond donors (Lipinski definition) is 1. The van der Waals surface area contributed by atoms with Gasteiger partial charge in [0, 0.05) is 18.3 Å². The summed E-state index contributed by atoms with van der Waals surface area (Å²) >= 11 is 0. The van der Waals surface area contributed by atoms with Crippen LogP contribution in [0.2, 0.25) is 0 Å². The van der Waals surface area contributed by atoms with Crippen LogP contribution in [-0.2, 0) is 0 Å². The van der Waals surface area contributed by atoms with Gasteiger partial charge in [-0.2, -0.15) is 0 Å². The van der Waals surface area contributed by atoms with E-state index in [4.69, 9.17) is 4.74 Å². The summed E-state index contributed by atoms with van der Waals surface area (Å²) in [5, 5.41) is 10.0. The molecule has 1 atom stereocenters. The van der Waals surface area contributed by atoms with Gasteiger partial charge in [-0.3, -0.25) is 0 Å². The number of aromatic hydroxyl groups is 1. The maximum Gasteiger partial charge on any atom is 0.120 e. The van der Waals surface area contributed by atoms with Gasteiger partial charge in [0.25, 0.3) is 0 Å². The van der Waals surface area contributed by atoms with E-state index in [9.17, 15) is 5.11 Å². The van der Waals surface area contributed by atoms with Crippen molar-refractivity contribution < 1.29 is 9.84 Å². The average Bonchev–Trinajstić information content (AvgIpc) is 2.48. The normalized spacial score (nSPS) is 12.0. The lowest BCUT2D eigenvalue weighted by Crippen LogP contribution is -2.21. The summed E-state index contributed by atoms with van der Waals surface area (Å²) in [6.07, 6.45) is 0. The number of methoxy groups -OCH3 is 1. The highest BCUT2D eigenvalue weighted by Crippen LogP contribution is 2.32. The molecule has 0 saturated heterocycles. The molecule has 0 aliphatic heterocycles. The Morgan fingerprint density at radius 3 is 2.35 bits per heavy atom. The molecule has 0 bridgehead atoms. The second-order valence-electron chi connectivity index (χ2n) is 5.05. The second kappa shape index (κ2) is 5.87. The van der Waals surface area contributed by atoms with Gasteiger partial charge in [-0.1, -0.05) is 17.7 Å². The molecule has 0 aliphatic rings. The average molecular weight is 271 g/mol. The molecule has 0 amide bonds. The number of aryl methyl sites for hydroxylation is 1. The Bertz CT molecular complexity index is 578. The summed E-state index contributed by atoms with van der Waals surface area (Å²) in [5.41, 5.74) is 3.16. The minimum atomic E-state index is 0.0864. The van der Waals surface area contributed by atoms with E-state index < -0.39 is 0 Å². The Hall–Kier alpha value is -2.16. The Balaban J connectivity index is 2.26. The van der Waals surface area contributed by atoms with Gasteiger partial charge in [0.05, 0.1) is 13.2 Å². The Morgan fingerprint density at radius 2 is 1.75 bits per heavy atom. The molecule has 0 fully saturated rings. The van der Waals surface area contributed by atoms with Crippen molar-refractivity contribution in [1.29, 1.82) is 0 Å². The molecule has 3 nitrogen and oxygen atoms in total. The van der Waals surface area contributed by atoms with E-state index in [2.05, 4.69) is 11.8 Å². The predicted molar refractivity (Wildman–Crippen MR) is 82.7 cm³/mol. The van der Waals surface area contributed by atoms with Crippen LogP contribution in [-0.4, -0.2) is 19.3 Å². The van der Waals surface area contributed by atoms with Crippen molar-refractivity contribution in [3.8, 4) is 11.5 Å². The summed E-state index contributed by atoms with van der Waals surface area (Å²) in [6.45, 7) is 4.11. The Labute approximate surface area is 120 Å². The lowest BCUT2D eigenvalue weighted by molar-refractivity contribution is 0.415. The summed E-state index contributed by atoms with van der Waals surface area (Å²) in [5.74, 6) is 1.18. The van der Waals surface area contributed by atoms with Gasteiger partial charge in [-0.25, -0.2) is 0 Å². The monoisotopic (exact) mass is 271 g/mol. The summed E-state index contributed by atoms with van der Waals surface area (Å²) in [7, 11) is 3.68. The zero-order valence-corrected chi connectivity index (χ0v) is 12.4. The fourth-order valence-electron chi connectivity index (χ4n) is 2.26. The van der Waals surface area contributed by atoms with E-state index in [0.717, 1.165) is 22.6 Å². The molecule has 1 unspecified atom stereocenters. The molecular formula is C17H21NO2. The summed E-state index contributed by atoms with van der Waals surface area (Å²) in [6, 6.07) is 13.7. The third-order valence-corrected chi connectivity index (χ3v) is 3.69. The third-order valence-electron chi connectivity index (χ3n) is 3.69. The zero-order valence-electron chi connectivity index (χ0n) is 12.4. The van der Waals surface area contributed by atoms with Crippen molar-refractivity contribution in [1.82, 2.24) is 0 Å². The van der Waals surface area contributed by atoms with Crippen molar-refractivity contribution >= 4 is 5.69 Å². The van der Waals surface area contributed by atoms with Crippen LogP contribution in [0, 0.1) is 6.92 Å². The zero-order chi connectivity index (χ0) is 14.7. The molecule has 0 radical (unpaired) electrons. The number of rotatable bonds is 4. The highest BCUT2D eigenvalue weighted by molar-refractivity contribution is 5.52. The number of phenolic OH excluding ortho intramolecular Hbond substituents is 1. The van der Waals surface area contributed by atoms with Crippen molar-refractivity contribution in [2.75, 3.05) is 19.1 Å². The fraction of sp³-hybridized carbons (Fsp3) is 0.294. The van der Waals surface area contributed by atoms with E-state index in [1.165, 1.54) is 0 Å². The van der Waals surface area contributed by atoms with E-state index in [1.807, 2.05) is 50.4 Å². The van der Waals surface area contributed by atoms with Crippen LogP contribution < -0.4 is 9.64 Å². The van der Waals surface area contributed by atoms with E-state index >= 15 is 0 Å². The van der Waals surface area contributed by atoms with Crippen LogP contribution in [0.25, 0.3) is 0 Å². The van der Waals surface area contributed by atoms with Crippen LogP contribution in [0.4, 0.5) is 5.69 Å². The van der Waals surface area contributed by atoms with Crippen molar-refractivity contribution in [2.24, 2.45) is 0 Å². The van der Waals surface area contributed by atoms with Crippen molar-refractivity contribution in [3.05, 3.63) is 53.6 Å². The number of phenols is 1. The van der Waals surface area contributed by atoms with Gasteiger partial charge in [0.1, 0.15) is 11.5 Å². The largest absolute Gasteiger partial charge is 0.508 e. The molecule has 20 heavy (non-hydrogen) atoms. The molecule has 0 aliphatic carbocycles. The maximum absolute atomic E-state index is 10.0. The van der Waals surface area contributed by atoms with Crippen LogP contribution in [0.5, 0.6) is 11.5 Å². The van der Waals surface area contributed by atoms with Crippen LogP contribution in [0.15, 0.2) is 42.5 Å². The third kappa shape index (κ3) is 2.87. The highest BCUT2D eigenvalue weighted by atomic mass is 16.5. The smallest absolute Gasteiger partial charge is 0.120 e. The number of hydrogen-bond acceptors (Lipinski definition) is 3. The molecule has 0 heterocycles. The molecule has 2 aromatic carbocycles. The van der Waals surface area contributed by atoms with Gasteiger partial charge in [-0.05, 0) is 44.2 Å². The van der Waals surface area contributed by atoms with E-state index in [0.29, 0.717) is 5.75 Å². The lowest BCUT2D eigenvalue weighted by atomic mass is 10.0. The van der Waals surface area contributed by atoms with Crippen LogP contribution in [0.1, 0.15) is 24.1 Å². The van der Waals surface area contributed by atoms with Gasteiger partial charge < -0.3 is 14.7 Å². The van der Waals surface area contributed by atoms with Gasteiger partial charge in [0.2, 0.25) is 0 Å². The summed E-state index contributed by atoms with van der Waals surface area (Å²) in [4.78, 5) is 2.13. The lowest BCUT2D eigenvalue weighted by Gasteiger charge is -2.28. The van der Waals surface area contributed by atoms with Gasteiger partial charge in [0.15, 0.2) is 0 Å². The molecule has 0 spiro atoms. The number of nitrogens with zero attached hydrogens (tertiary/aromatic N) is 1. The first-order chi connectivity index (χ1) is 9.52. The molecule has 1 N–H and O–H groups in total. The second-order valence-corrected chi connectivity index (χ2v) is 5.05. The standard InChI is InChI=1S/C17H21NO2/c1-12-5-10-17(19)16(11-12)13(2)18(3)14-6-8-15(20-4)9-7-14/h5-11,13,19H,1-4H3. The van der Waals surface area contributed by atoms with E-state index in [-0.39, 0.29) is 6.04 Å². The van der Waals surface area contributed by atoms with Crippen LogP contribution in [0.3, 0.4) is 0 Å². The number of ether oxygens (including phenoxy) is 1. The molecule has 3 heteroatoms. The molecular weight excluding hydrogens is 250 g/mol. The van der Waals surface area contributed by atoms with Crippen LogP contribution >= 0.6 is 0 Å². The quantitative estimate of drug-likeness (QED) is 0.915. The van der Waals surface area contributed by atoms with Crippen molar-refractivity contribution in [2.45, 2.75) is 19.9 Å². The molecule has 106 valence electrons. The highest BCUT2D eigenvalue weighted by Gasteiger charge is 2.16. The first-order valence-electron chi connectivity index (χ1n) is 6.69. The van der Waals surface area contributed by atoms with E-state index in [1.54, 1.807) is 13.2 Å². The topological polar surface area (TPSA) is 32.7 Å². The minimum Gasteiger partial charge on any atom is -0.508 e. The Kier molecular flexibility index (Phi) is 4.18. The molecule has 2 aromatic rings. The molecule has 0 aromatic heterocycles. The molecule has 2 rings (SSSR count). The summed E-state index contributed by atoms with van der Waals surface area (Å²) < 4.78 is 5.17. The van der Waals surface area contributed by atoms with Gasteiger partial charge in [-0.15, -0.1) is 0 Å². The Morgan fingerprint density at radius 1 is 1.10 bits per heavy atom.